The highest BCUT2D eigenvalue weighted by Crippen LogP contribution is 2.49. The first-order chi connectivity index (χ1) is 13.6. The minimum absolute atomic E-state index is 0.138. The van der Waals surface area contributed by atoms with Crippen molar-refractivity contribution in [1.82, 2.24) is 0 Å². The quantitative estimate of drug-likeness (QED) is 0.557. The van der Waals surface area contributed by atoms with Gasteiger partial charge in [0.05, 0.1) is 0 Å². The van der Waals surface area contributed by atoms with Crippen LogP contribution in [0.15, 0.2) is 54.6 Å². The summed E-state index contributed by atoms with van der Waals surface area (Å²) in [4.78, 5) is 0. The van der Waals surface area contributed by atoms with Crippen LogP contribution in [-0.4, -0.2) is 11.3 Å². The van der Waals surface area contributed by atoms with E-state index in [-0.39, 0.29) is 5.56 Å². The van der Waals surface area contributed by atoms with E-state index in [1.807, 2.05) is 6.92 Å². The van der Waals surface area contributed by atoms with Gasteiger partial charge in [-0.15, -0.1) is 0 Å². The van der Waals surface area contributed by atoms with Gasteiger partial charge >= 0.3 is 6.18 Å². The Bertz CT molecular complexity index is 959. The number of aryl methyl sites for hydroxylation is 1. The number of halogens is 6. The third kappa shape index (κ3) is 3.66. The van der Waals surface area contributed by atoms with Gasteiger partial charge in [-0.05, 0) is 35.8 Å². The lowest BCUT2D eigenvalue weighted by Gasteiger charge is -2.33. The molecule has 0 aliphatic heterocycles. The Morgan fingerprint density at radius 3 is 2.31 bits per heavy atom. The summed E-state index contributed by atoms with van der Waals surface area (Å²) in [6, 6.07) is 7.37. The average molecular weight is 412 g/mol. The highest BCUT2D eigenvalue weighted by molar-refractivity contribution is 5.79. The largest absolute Gasteiger partial charge is 0.507 e. The van der Waals surface area contributed by atoms with Crippen molar-refractivity contribution in [2.45, 2.75) is 37.8 Å². The van der Waals surface area contributed by atoms with Crippen LogP contribution in [0, 0.1) is 5.82 Å². The molecule has 2 aromatic carbocycles. The fraction of sp³-hybridized carbons (Fsp3) is 0.273. The highest BCUT2D eigenvalue weighted by atomic mass is 19.4. The minimum atomic E-state index is -5.20. The van der Waals surface area contributed by atoms with Gasteiger partial charge in [0.2, 0.25) is 0 Å². The molecule has 0 spiro atoms. The molecule has 1 N–H and O–H groups in total. The summed E-state index contributed by atoms with van der Waals surface area (Å²) in [6.45, 7) is 1.96. The van der Waals surface area contributed by atoms with Gasteiger partial charge in [-0.25, -0.2) is 13.2 Å². The molecule has 7 heteroatoms. The predicted molar refractivity (Wildman–Crippen MR) is 98.3 cm³/mol. The lowest BCUT2D eigenvalue weighted by molar-refractivity contribution is -0.141. The second kappa shape index (κ2) is 7.61. The molecule has 0 radical (unpaired) electrons. The molecule has 0 heterocycles. The van der Waals surface area contributed by atoms with Crippen LogP contribution >= 0.6 is 0 Å². The van der Waals surface area contributed by atoms with Crippen molar-refractivity contribution in [2.24, 2.45) is 0 Å². The SMILES string of the molecule is CCCc1ccc(C2(F)C(c3ccc(O)c(C(F)(F)F)c3F)=CC=CC2F)cc1. The first kappa shape index (κ1) is 21.0. The summed E-state index contributed by atoms with van der Waals surface area (Å²) in [5, 5.41) is 9.47. The molecule has 2 aromatic rings. The summed E-state index contributed by atoms with van der Waals surface area (Å²) in [7, 11) is 0. The van der Waals surface area contributed by atoms with Gasteiger partial charge < -0.3 is 5.11 Å². The molecule has 1 aliphatic carbocycles. The molecule has 2 atom stereocenters. The molecule has 1 nitrogen and oxygen atoms in total. The predicted octanol–water partition coefficient (Wildman–Crippen LogP) is 6.66. The van der Waals surface area contributed by atoms with Crippen molar-refractivity contribution < 1.29 is 31.4 Å². The second-order valence-corrected chi connectivity index (χ2v) is 6.84. The van der Waals surface area contributed by atoms with Crippen LogP contribution in [0.2, 0.25) is 0 Å². The average Bonchev–Trinajstić information content (AvgIpc) is 2.64. The number of benzene rings is 2. The number of hydrogen-bond donors (Lipinski definition) is 1. The van der Waals surface area contributed by atoms with Crippen LogP contribution in [0.4, 0.5) is 26.3 Å². The van der Waals surface area contributed by atoms with Crippen molar-refractivity contribution in [3.05, 3.63) is 82.7 Å². The Kier molecular flexibility index (Phi) is 5.52. The molecule has 154 valence electrons. The number of allylic oxidation sites excluding steroid dienone is 4. The monoisotopic (exact) mass is 412 g/mol. The van der Waals surface area contributed by atoms with Gasteiger partial charge in [0, 0.05) is 11.1 Å². The van der Waals surface area contributed by atoms with Crippen LogP contribution in [0.5, 0.6) is 5.75 Å². The summed E-state index contributed by atoms with van der Waals surface area (Å²) in [6.07, 6.45) is -2.77. The van der Waals surface area contributed by atoms with Crippen molar-refractivity contribution in [1.29, 1.82) is 0 Å². The Morgan fingerprint density at radius 2 is 1.72 bits per heavy atom. The Labute approximate surface area is 164 Å². The van der Waals surface area contributed by atoms with Crippen LogP contribution < -0.4 is 0 Å². The number of hydrogen-bond acceptors (Lipinski definition) is 1. The molecule has 0 fully saturated rings. The summed E-state index contributed by atoms with van der Waals surface area (Å²) < 4.78 is 85.0. The van der Waals surface area contributed by atoms with E-state index in [9.17, 15) is 27.1 Å². The van der Waals surface area contributed by atoms with Gasteiger partial charge in [-0.1, -0.05) is 49.8 Å². The lowest BCUT2D eigenvalue weighted by Crippen LogP contribution is -2.34. The third-order valence-electron chi connectivity index (χ3n) is 4.92. The summed E-state index contributed by atoms with van der Waals surface area (Å²) >= 11 is 0. The molecule has 0 amide bonds. The van der Waals surface area contributed by atoms with Crippen molar-refractivity contribution in [2.75, 3.05) is 0 Å². The van der Waals surface area contributed by atoms with E-state index in [4.69, 9.17) is 0 Å². The zero-order valence-corrected chi connectivity index (χ0v) is 15.4. The Morgan fingerprint density at radius 1 is 1.07 bits per heavy atom. The first-order valence-electron chi connectivity index (χ1n) is 9.01. The molecule has 0 saturated carbocycles. The fourth-order valence-electron chi connectivity index (χ4n) is 3.50. The highest BCUT2D eigenvalue weighted by Gasteiger charge is 2.48. The van der Waals surface area contributed by atoms with E-state index in [1.54, 1.807) is 12.1 Å². The maximum atomic E-state index is 16.1. The first-order valence-corrected chi connectivity index (χ1v) is 9.01. The van der Waals surface area contributed by atoms with Gasteiger partial charge in [0.15, 0.2) is 11.8 Å². The Balaban J connectivity index is 2.17. The zero-order chi connectivity index (χ0) is 21.4. The standard InChI is InChI=1S/C22H18F6O/c1-2-4-13-7-9-14(10-8-13)21(25)16(5-3-6-18(21)23)15-11-12-17(29)19(20(15)24)22(26,27)28/h3,5-12,18,29H,2,4H2,1H3. The smallest absolute Gasteiger partial charge is 0.422 e. The van der Waals surface area contributed by atoms with E-state index in [0.717, 1.165) is 42.7 Å². The van der Waals surface area contributed by atoms with Crippen LogP contribution in [0.3, 0.4) is 0 Å². The van der Waals surface area contributed by atoms with Gasteiger partial charge in [-0.3, -0.25) is 0 Å². The molecule has 3 rings (SSSR count). The van der Waals surface area contributed by atoms with E-state index >= 15 is 4.39 Å². The summed E-state index contributed by atoms with van der Waals surface area (Å²) in [5.41, 5.74) is -5.40. The summed E-state index contributed by atoms with van der Waals surface area (Å²) in [5.74, 6) is -3.17. The fourth-order valence-corrected chi connectivity index (χ4v) is 3.50. The number of aromatic hydroxyl groups is 1. The number of alkyl halides is 5. The molecule has 1 aliphatic rings. The van der Waals surface area contributed by atoms with Crippen LogP contribution in [0.25, 0.3) is 5.57 Å². The van der Waals surface area contributed by atoms with Crippen molar-refractivity contribution in [3.8, 4) is 5.75 Å². The van der Waals surface area contributed by atoms with Gasteiger partial charge in [-0.2, -0.15) is 13.2 Å². The van der Waals surface area contributed by atoms with Crippen LogP contribution in [-0.2, 0) is 18.3 Å². The van der Waals surface area contributed by atoms with Crippen molar-refractivity contribution in [3.63, 3.8) is 0 Å². The van der Waals surface area contributed by atoms with E-state index in [2.05, 4.69) is 0 Å². The minimum Gasteiger partial charge on any atom is -0.507 e. The molecule has 29 heavy (non-hydrogen) atoms. The molecule has 0 bridgehead atoms. The van der Waals surface area contributed by atoms with Gasteiger partial charge in [0.25, 0.3) is 0 Å². The normalized spacial score (nSPS) is 21.9. The number of rotatable bonds is 4. The number of phenols is 1. The third-order valence-corrected chi connectivity index (χ3v) is 4.92. The van der Waals surface area contributed by atoms with Gasteiger partial charge in [0.1, 0.15) is 17.1 Å². The van der Waals surface area contributed by atoms with E-state index in [1.165, 1.54) is 12.1 Å². The van der Waals surface area contributed by atoms with Crippen LogP contribution in [0.1, 0.15) is 35.6 Å². The second-order valence-electron chi connectivity index (χ2n) is 6.84. The molecule has 0 aromatic heterocycles. The maximum Gasteiger partial charge on any atom is 0.422 e. The van der Waals surface area contributed by atoms with E-state index < -0.39 is 46.3 Å². The molecular formula is C22H18F6O. The maximum absolute atomic E-state index is 16.1. The molecule has 2 unspecified atom stereocenters. The Hall–Kier alpha value is -2.70. The number of phenolic OH excluding ortho intramolecular Hbond substituents is 1. The van der Waals surface area contributed by atoms with Crippen molar-refractivity contribution >= 4 is 5.57 Å². The molecular weight excluding hydrogens is 394 g/mol. The van der Waals surface area contributed by atoms with E-state index in [0.29, 0.717) is 6.07 Å². The zero-order valence-electron chi connectivity index (χ0n) is 15.4. The lowest BCUT2D eigenvalue weighted by atomic mass is 9.77. The topological polar surface area (TPSA) is 20.2 Å². The molecule has 0 saturated heterocycles.